The highest BCUT2D eigenvalue weighted by atomic mass is 19.1. The van der Waals surface area contributed by atoms with Crippen molar-refractivity contribution < 1.29 is 18.7 Å². The quantitative estimate of drug-likeness (QED) is 0.485. The molecule has 3 aromatic rings. The standard InChI is InChI=1S/C21H16FN3O3/c1-13-19(12-24-25(13)16-8-6-15(22)7-9-16)21(27)18(11-23)20(26)14-4-3-5-17(10-14)28-2/h3-10,12,18H,1-2H3/t18-/m0/s1. The van der Waals surface area contributed by atoms with Crippen LogP contribution in [0.25, 0.3) is 5.69 Å². The number of benzene rings is 2. The Labute approximate surface area is 160 Å². The number of carbonyl (C=O) groups is 2. The zero-order valence-electron chi connectivity index (χ0n) is 15.2. The fraction of sp³-hybridized carbons (Fsp3) is 0.143. The first-order valence-electron chi connectivity index (χ1n) is 8.39. The van der Waals surface area contributed by atoms with Crippen LogP contribution in [0.5, 0.6) is 5.75 Å². The third-order valence-corrected chi connectivity index (χ3v) is 4.35. The first-order chi connectivity index (χ1) is 13.5. The molecule has 0 bridgehead atoms. The molecule has 0 unspecified atom stereocenters. The second-order valence-electron chi connectivity index (χ2n) is 6.05. The fourth-order valence-corrected chi connectivity index (χ4v) is 2.83. The Hall–Kier alpha value is -3.79. The van der Waals surface area contributed by atoms with Gasteiger partial charge in [-0.05, 0) is 43.3 Å². The number of ketones is 2. The summed E-state index contributed by atoms with van der Waals surface area (Å²) in [7, 11) is 1.46. The molecule has 0 aliphatic rings. The third-order valence-electron chi connectivity index (χ3n) is 4.35. The van der Waals surface area contributed by atoms with Crippen molar-refractivity contribution in [1.29, 1.82) is 5.26 Å². The fourth-order valence-electron chi connectivity index (χ4n) is 2.83. The Bertz CT molecular complexity index is 1080. The van der Waals surface area contributed by atoms with Gasteiger partial charge in [0.2, 0.25) is 0 Å². The van der Waals surface area contributed by atoms with Gasteiger partial charge in [-0.25, -0.2) is 9.07 Å². The highest BCUT2D eigenvalue weighted by molar-refractivity contribution is 6.18. The van der Waals surface area contributed by atoms with Crippen molar-refractivity contribution in [2.45, 2.75) is 6.92 Å². The molecule has 2 aromatic carbocycles. The number of nitrogens with zero attached hydrogens (tertiary/aromatic N) is 3. The number of carbonyl (C=O) groups excluding carboxylic acids is 2. The van der Waals surface area contributed by atoms with Gasteiger partial charge in [0.05, 0.1) is 36.3 Å². The van der Waals surface area contributed by atoms with Gasteiger partial charge in [-0.15, -0.1) is 0 Å². The molecule has 28 heavy (non-hydrogen) atoms. The van der Waals surface area contributed by atoms with Gasteiger partial charge in [-0.3, -0.25) is 9.59 Å². The van der Waals surface area contributed by atoms with Crippen molar-refractivity contribution in [3.63, 3.8) is 0 Å². The zero-order chi connectivity index (χ0) is 20.3. The summed E-state index contributed by atoms with van der Waals surface area (Å²) in [6.07, 6.45) is 1.31. The molecule has 3 rings (SSSR count). The molecule has 0 aliphatic heterocycles. The Balaban J connectivity index is 1.92. The van der Waals surface area contributed by atoms with Crippen LogP contribution in [0, 0.1) is 30.0 Å². The summed E-state index contributed by atoms with van der Waals surface area (Å²) < 4.78 is 19.7. The van der Waals surface area contributed by atoms with Crippen LogP contribution < -0.4 is 4.74 Å². The van der Waals surface area contributed by atoms with Gasteiger partial charge in [-0.2, -0.15) is 10.4 Å². The first-order valence-corrected chi connectivity index (χ1v) is 8.39. The van der Waals surface area contributed by atoms with E-state index in [1.807, 2.05) is 0 Å². The smallest absolute Gasteiger partial charge is 0.191 e. The van der Waals surface area contributed by atoms with E-state index in [0.29, 0.717) is 17.1 Å². The topological polar surface area (TPSA) is 85.0 Å². The van der Waals surface area contributed by atoms with Gasteiger partial charge in [0.25, 0.3) is 0 Å². The molecule has 0 spiro atoms. The predicted octanol–water partition coefficient (Wildman–Crippen LogP) is 3.53. The summed E-state index contributed by atoms with van der Waals surface area (Å²) in [6, 6.07) is 13.7. The molecule has 1 aromatic heterocycles. The van der Waals surface area contributed by atoms with E-state index in [1.54, 1.807) is 25.1 Å². The molecular weight excluding hydrogens is 361 g/mol. The lowest BCUT2D eigenvalue weighted by atomic mass is 9.91. The summed E-state index contributed by atoms with van der Waals surface area (Å²) in [5.41, 5.74) is 1.39. The second kappa shape index (κ2) is 7.84. The number of Topliss-reactive ketones (excluding diaryl/α,β-unsaturated/α-hetero) is 2. The molecule has 0 aliphatic carbocycles. The van der Waals surface area contributed by atoms with Crippen LogP contribution in [0.1, 0.15) is 26.4 Å². The maximum absolute atomic E-state index is 13.1. The van der Waals surface area contributed by atoms with Gasteiger partial charge in [-0.1, -0.05) is 12.1 Å². The largest absolute Gasteiger partial charge is 0.497 e. The summed E-state index contributed by atoms with van der Waals surface area (Å²) in [5.74, 6) is -2.69. The summed E-state index contributed by atoms with van der Waals surface area (Å²) in [5, 5.41) is 13.6. The lowest BCUT2D eigenvalue weighted by molar-refractivity contribution is 0.0845. The van der Waals surface area contributed by atoms with Crippen molar-refractivity contribution in [3.05, 3.63) is 77.4 Å². The number of halogens is 1. The van der Waals surface area contributed by atoms with Crippen LogP contribution in [0.3, 0.4) is 0 Å². The van der Waals surface area contributed by atoms with Crippen LogP contribution in [-0.2, 0) is 0 Å². The average molecular weight is 377 g/mol. The van der Waals surface area contributed by atoms with Crippen molar-refractivity contribution in [1.82, 2.24) is 9.78 Å². The molecule has 0 saturated carbocycles. The number of nitriles is 1. The number of rotatable bonds is 6. The molecule has 1 heterocycles. The van der Waals surface area contributed by atoms with Gasteiger partial charge < -0.3 is 4.74 Å². The van der Waals surface area contributed by atoms with E-state index in [2.05, 4.69) is 5.10 Å². The molecule has 7 heteroatoms. The van der Waals surface area contributed by atoms with E-state index in [4.69, 9.17) is 4.74 Å². The minimum atomic E-state index is -1.50. The third kappa shape index (κ3) is 3.53. The first kappa shape index (κ1) is 19.0. The van der Waals surface area contributed by atoms with Crippen LogP contribution in [-0.4, -0.2) is 28.5 Å². The summed E-state index contributed by atoms with van der Waals surface area (Å²) in [4.78, 5) is 25.6. The van der Waals surface area contributed by atoms with E-state index in [1.165, 1.54) is 54.4 Å². The molecular formula is C21H16FN3O3. The monoisotopic (exact) mass is 377 g/mol. The van der Waals surface area contributed by atoms with Gasteiger partial charge in [0.1, 0.15) is 11.6 Å². The Morgan fingerprint density at radius 3 is 2.54 bits per heavy atom. The van der Waals surface area contributed by atoms with E-state index in [0.717, 1.165) is 0 Å². The van der Waals surface area contributed by atoms with Crippen molar-refractivity contribution in [2.24, 2.45) is 5.92 Å². The van der Waals surface area contributed by atoms with E-state index < -0.39 is 23.3 Å². The van der Waals surface area contributed by atoms with Crippen LogP contribution in [0.15, 0.2) is 54.7 Å². The number of ether oxygens (including phenoxy) is 1. The molecule has 0 amide bonds. The van der Waals surface area contributed by atoms with E-state index in [9.17, 15) is 19.2 Å². The molecule has 0 saturated heterocycles. The highest BCUT2D eigenvalue weighted by Gasteiger charge is 2.31. The Morgan fingerprint density at radius 2 is 1.89 bits per heavy atom. The molecule has 1 atom stereocenters. The van der Waals surface area contributed by atoms with Crippen molar-refractivity contribution >= 4 is 11.6 Å². The minimum absolute atomic E-state index is 0.159. The van der Waals surface area contributed by atoms with E-state index in [-0.39, 0.29) is 11.1 Å². The predicted molar refractivity (Wildman–Crippen MR) is 99.0 cm³/mol. The molecule has 0 N–H and O–H groups in total. The van der Waals surface area contributed by atoms with Crippen LogP contribution in [0.4, 0.5) is 4.39 Å². The number of aromatic nitrogens is 2. The van der Waals surface area contributed by atoms with Gasteiger partial charge in [0.15, 0.2) is 17.5 Å². The summed E-state index contributed by atoms with van der Waals surface area (Å²) in [6.45, 7) is 1.65. The van der Waals surface area contributed by atoms with Gasteiger partial charge >= 0.3 is 0 Å². The van der Waals surface area contributed by atoms with Crippen LogP contribution >= 0.6 is 0 Å². The number of methoxy groups -OCH3 is 1. The number of hydrogen-bond acceptors (Lipinski definition) is 5. The molecule has 6 nitrogen and oxygen atoms in total. The van der Waals surface area contributed by atoms with E-state index >= 15 is 0 Å². The lowest BCUT2D eigenvalue weighted by Gasteiger charge is -2.09. The summed E-state index contributed by atoms with van der Waals surface area (Å²) >= 11 is 0. The van der Waals surface area contributed by atoms with Crippen molar-refractivity contribution in [2.75, 3.05) is 7.11 Å². The maximum atomic E-state index is 13.1. The zero-order valence-corrected chi connectivity index (χ0v) is 15.2. The van der Waals surface area contributed by atoms with Crippen molar-refractivity contribution in [3.8, 4) is 17.5 Å². The highest BCUT2D eigenvalue weighted by Crippen LogP contribution is 2.21. The maximum Gasteiger partial charge on any atom is 0.191 e. The molecule has 0 radical (unpaired) electrons. The van der Waals surface area contributed by atoms with Crippen LogP contribution in [0.2, 0.25) is 0 Å². The Morgan fingerprint density at radius 1 is 1.18 bits per heavy atom. The Kier molecular flexibility index (Phi) is 5.32. The number of hydrogen-bond donors (Lipinski definition) is 0. The second-order valence-corrected chi connectivity index (χ2v) is 6.05. The average Bonchev–Trinajstić information content (AvgIpc) is 3.10. The minimum Gasteiger partial charge on any atom is -0.497 e. The normalized spacial score (nSPS) is 11.5. The lowest BCUT2D eigenvalue weighted by Crippen LogP contribution is -2.23. The molecule has 0 fully saturated rings. The molecule has 140 valence electrons. The SMILES string of the molecule is COc1cccc(C(=O)[C@H](C#N)C(=O)c2cnn(-c3ccc(F)cc3)c2C)c1. The van der Waals surface area contributed by atoms with Gasteiger partial charge in [0, 0.05) is 5.56 Å².